The Hall–Kier alpha value is -0.870. The van der Waals surface area contributed by atoms with Crippen molar-refractivity contribution < 1.29 is 4.79 Å². The number of anilines is 1. The molecule has 94 valence electrons. The zero-order chi connectivity index (χ0) is 12.7. The molecule has 0 radical (unpaired) electrons. The topological polar surface area (TPSA) is 55.1 Å². The van der Waals surface area contributed by atoms with Crippen LogP contribution in [0.4, 0.5) is 5.69 Å². The number of nitrogens with one attached hydrogen (secondary N) is 1. The molecule has 5 heteroatoms. The van der Waals surface area contributed by atoms with Crippen molar-refractivity contribution in [1.29, 1.82) is 0 Å². The smallest absolute Gasteiger partial charge is 0.252 e. The minimum atomic E-state index is -0.161. The first-order valence-electron chi connectivity index (χ1n) is 5.47. The zero-order valence-electron chi connectivity index (χ0n) is 9.83. The summed E-state index contributed by atoms with van der Waals surface area (Å²) in [6.45, 7) is 0.671. The normalized spacial score (nSPS) is 10.2. The number of unbranched alkanes of at least 4 members (excludes halogenated alkanes) is 1. The molecule has 0 saturated carbocycles. The molecule has 0 saturated heterocycles. The van der Waals surface area contributed by atoms with Crippen LogP contribution in [-0.4, -0.2) is 24.5 Å². The molecule has 0 heterocycles. The van der Waals surface area contributed by atoms with Gasteiger partial charge < -0.3 is 11.1 Å². The highest BCUT2D eigenvalue weighted by Crippen LogP contribution is 2.18. The van der Waals surface area contributed by atoms with E-state index in [0.717, 1.165) is 18.6 Å². The maximum absolute atomic E-state index is 11.8. The summed E-state index contributed by atoms with van der Waals surface area (Å²) in [4.78, 5) is 11.8. The Morgan fingerprint density at radius 3 is 2.94 bits per heavy atom. The van der Waals surface area contributed by atoms with Gasteiger partial charge in [0.25, 0.3) is 5.91 Å². The first kappa shape index (κ1) is 14.2. The second-order valence-electron chi connectivity index (χ2n) is 3.70. The Morgan fingerprint density at radius 1 is 1.47 bits per heavy atom. The summed E-state index contributed by atoms with van der Waals surface area (Å²) in [5, 5.41) is 3.27. The molecular formula is C12H17ClN2OS. The molecule has 0 aromatic heterocycles. The highest BCUT2D eigenvalue weighted by Gasteiger charge is 2.09. The number of rotatable bonds is 6. The van der Waals surface area contributed by atoms with E-state index < -0.39 is 0 Å². The lowest BCUT2D eigenvalue weighted by atomic mass is 10.2. The number of carbonyl (C=O) groups excluding carboxylic acids is 1. The summed E-state index contributed by atoms with van der Waals surface area (Å²) in [6, 6.07) is 4.91. The van der Waals surface area contributed by atoms with Gasteiger partial charge in [0.15, 0.2) is 0 Å². The van der Waals surface area contributed by atoms with Crippen molar-refractivity contribution in [3.05, 3.63) is 28.8 Å². The molecule has 0 aliphatic carbocycles. The summed E-state index contributed by atoms with van der Waals surface area (Å²) in [5.41, 5.74) is 6.60. The molecule has 1 amide bonds. The average molecular weight is 273 g/mol. The number of nitrogens with two attached hydrogens (primary N) is 1. The van der Waals surface area contributed by atoms with Gasteiger partial charge in [0.05, 0.1) is 10.6 Å². The molecule has 0 spiro atoms. The van der Waals surface area contributed by atoms with Crippen molar-refractivity contribution >= 4 is 35.0 Å². The fourth-order valence-electron chi connectivity index (χ4n) is 1.39. The SMILES string of the molecule is CSCCCCNC(=O)c1cc(N)ccc1Cl. The minimum absolute atomic E-state index is 0.161. The monoisotopic (exact) mass is 272 g/mol. The Morgan fingerprint density at radius 2 is 2.24 bits per heavy atom. The van der Waals surface area contributed by atoms with Crippen molar-refractivity contribution in [2.24, 2.45) is 0 Å². The van der Waals surface area contributed by atoms with E-state index in [0.29, 0.717) is 22.8 Å². The van der Waals surface area contributed by atoms with Crippen molar-refractivity contribution in [2.75, 3.05) is 24.3 Å². The number of halogens is 1. The quantitative estimate of drug-likeness (QED) is 0.618. The van der Waals surface area contributed by atoms with Crippen LogP contribution in [0, 0.1) is 0 Å². The van der Waals surface area contributed by atoms with Crippen LogP contribution >= 0.6 is 23.4 Å². The van der Waals surface area contributed by atoms with Gasteiger partial charge in [-0.3, -0.25) is 4.79 Å². The first-order valence-corrected chi connectivity index (χ1v) is 7.24. The predicted molar refractivity (Wildman–Crippen MR) is 75.8 cm³/mol. The average Bonchev–Trinajstić information content (AvgIpc) is 2.32. The number of nitrogen functional groups attached to an aromatic ring is 1. The molecule has 3 nitrogen and oxygen atoms in total. The van der Waals surface area contributed by atoms with E-state index in [2.05, 4.69) is 11.6 Å². The number of carbonyl (C=O) groups is 1. The van der Waals surface area contributed by atoms with Gasteiger partial charge >= 0.3 is 0 Å². The number of hydrogen-bond acceptors (Lipinski definition) is 3. The van der Waals surface area contributed by atoms with Crippen LogP contribution in [0.15, 0.2) is 18.2 Å². The Bertz CT molecular complexity index is 385. The lowest BCUT2D eigenvalue weighted by Crippen LogP contribution is -2.24. The van der Waals surface area contributed by atoms with Crippen LogP contribution in [0.2, 0.25) is 5.02 Å². The third-order valence-corrected chi connectivity index (χ3v) is 3.32. The zero-order valence-corrected chi connectivity index (χ0v) is 11.4. The van der Waals surface area contributed by atoms with Crippen LogP contribution < -0.4 is 11.1 Å². The molecule has 0 aliphatic rings. The molecule has 0 aliphatic heterocycles. The Balaban J connectivity index is 2.44. The largest absolute Gasteiger partial charge is 0.399 e. The van der Waals surface area contributed by atoms with Crippen LogP contribution in [0.5, 0.6) is 0 Å². The van der Waals surface area contributed by atoms with Gasteiger partial charge in [0, 0.05) is 12.2 Å². The molecule has 1 aromatic rings. The van der Waals surface area contributed by atoms with Gasteiger partial charge in [0.1, 0.15) is 0 Å². The van der Waals surface area contributed by atoms with Crippen molar-refractivity contribution in [2.45, 2.75) is 12.8 Å². The second kappa shape index (κ2) is 7.45. The van der Waals surface area contributed by atoms with Crippen LogP contribution in [0.1, 0.15) is 23.2 Å². The number of hydrogen-bond donors (Lipinski definition) is 2. The third kappa shape index (κ3) is 4.88. The van der Waals surface area contributed by atoms with E-state index in [4.69, 9.17) is 17.3 Å². The van der Waals surface area contributed by atoms with E-state index in [9.17, 15) is 4.79 Å². The molecule has 1 rings (SSSR count). The van der Waals surface area contributed by atoms with Gasteiger partial charge in [-0.2, -0.15) is 11.8 Å². The van der Waals surface area contributed by atoms with Crippen molar-refractivity contribution in [3.63, 3.8) is 0 Å². The van der Waals surface area contributed by atoms with Crippen molar-refractivity contribution in [3.8, 4) is 0 Å². The maximum atomic E-state index is 11.8. The molecule has 0 fully saturated rings. The Labute approximate surface area is 111 Å². The van der Waals surface area contributed by atoms with E-state index in [-0.39, 0.29) is 5.91 Å². The standard InChI is InChI=1S/C12H17ClN2OS/c1-17-7-3-2-6-15-12(16)10-8-9(14)4-5-11(10)13/h4-5,8H,2-3,6-7,14H2,1H3,(H,15,16). The summed E-state index contributed by atoms with van der Waals surface area (Å²) < 4.78 is 0. The fourth-order valence-corrected chi connectivity index (χ4v) is 2.08. The molecule has 3 N–H and O–H groups in total. The summed E-state index contributed by atoms with van der Waals surface area (Å²) in [7, 11) is 0. The van der Waals surface area contributed by atoms with Gasteiger partial charge in [-0.05, 0) is 43.0 Å². The number of benzene rings is 1. The number of thioether (sulfide) groups is 1. The lowest BCUT2D eigenvalue weighted by Gasteiger charge is -2.07. The van der Waals surface area contributed by atoms with Gasteiger partial charge in [-0.15, -0.1) is 0 Å². The van der Waals surface area contributed by atoms with Crippen molar-refractivity contribution in [1.82, 2.24) is 5.32 Å². The molecule has 0 unspecified atom stereocenters. The summed E-state index contributed by atoms with van der Waals surface area (Å²) in [6.07, 6.45) is 4.16. The Kier molecular flexibility index (Phi) is 6.22. The molecule has 1 aromatic carbocycles. The van der Waals surface area contributed by atoms with Gasteiger partial charge in [-0.25, -0.2) is 0 Å². The number of amides is 1. The minimum Gasteiger partial charge on any atom is -0.399 e. The van der Waals surface area contributed by atoms with E-state index >= 15 is 0 Å². The molecular weight excluding hydrogens is 256 g/mol. The van der Waals surface area contributed by atoms with Gasteiger partial charge in [-0.1, -0.05) is 11.6 Å². The predicted octanol–water partition coefficient (Wildman–Crippen LogP) is 2.80. The molecule has 17 heavy (non-hydrogen) atoms. The lowest BCUT2D eigenvalue weighted by molar-refractivity contribution is 0.0953. The van der Waals surface area contributed by atoms with E-state index in [1.54, 1.807) is 18.2 Å². The fraction of sp³-hybridized carbons (Fsp3) is 0.417. The first-order chi connectivity index (χ1) is 8.15. The highest BCUT2D eigenvalue weighted by molar-refractivity contribution is 7.98. The highest BCUT2D eigenvalue weighted by atomic mass is 35.5. The van der Waals surface area contributed by atoms with E-state index in [1.165, 1.54) is 0 Å². The van der Waals surface area contributed by atoms with E-state index in [1.807, 2.05) is 11.8 Å². The summed E-state index contributed by atoms with van der Waals surface area (Å²) in [5.74, 6) is 0.959. The third-order valence-electron chi connectivity index (χ3n) is 2.30. The molecule has 0 bridgehead atoms. The van der Waals surface area contributed by atoms with Crippen LogP contribution in [0.3, 0.4) is 0 Å². The van der Waals surface area contributed by atoms with Crippen LogP contribution in [0.25, 0.3) is 0 Å². The summed E-state index contributed by atoms with van der Waals surface area (Å²) >= 11 is 7.74. The molecule has 0 atom stereocenters. The van der Waals surface area contributed by atoms with Gasteiger partial charge in [0.2, 0.25) is 0 Å². The van der Waals surface area contributed by atoms with Crippen LogP contribution in [-0.2, 0) is 0 Å². The second-order valence-corrected chi connectivity index (χ2v) is 5.09. The maximum Gasteiger partial charge on any atom is 0.252 e.